The number of nitrogens with zero attached hydrogens (tertiary/aromatic N) is 2. The quantitative estimate of drug-likeness (QED) is 0.735. The summed E-state index contributed by atoms with van der Waals surface area (Å²) < 4.78 is 1.54. The van der Waals surface area contributed by atoms with Gasteiger partial charge in [0.2, 0.25) is 0 Å². The van der Waals surface area contributed by atoms with E-state index in [2.05, 4.69) is 10.4 Å². The summed E-state index contributed by atoms with van der Waals surface area (Å²) in [5, 5.41) is 7.45. The Morgan fingerprint density at radius 1 is 1.71 bits per heavy atom. The fourth-order valence-electron chi connectivity index (χ4n) is 1.78. The number of hydrogen-bond acceptors (Lipinski definition) is 3. The molecular formula is C10H15N3O. The van der Waals surface area contributed by atoms with Crippen LogP contribution in [0.25, 0.3) is 0 Å². The molecule has 0 amide bonds. The van der Waals surface area contributed by atoms with E-state index in [9.17, 15) is 4.79 Å². The maximum absolute atomic E-state index is 11.5. The molecule has 0 saturated carbocycles. The minimum absolute atomic E-state index is 0.00120. The highest BCUT2D eigenvalue weighted by atomic mass is 16.1. The van der Waals surface area contributed by atoms with E-state index in [1.807, 2.05) is 6.92 Å². The van der Waals surface area contributed by atoms with Gasteiger partial charge in [-0.05, 0) is 31.9 Å². The molecule has 14 heavy (non-hydrogen) atoms. The van der Waals surface area contributed by atoms with Crippen LogP contribution >= 0.6 is 0 Å². The third-order valence-electron chi connectivity index (χ3n) is 2.56. The molecular weight excluding hydrogens is 178 g/mol. The zero-order valence-corrected chi connectivity index (χ0v) is 8.36. The van der Waals surface area contributed by atoms with Gasteiger partial charge in [-0.15, -0.1) is 0 Å². The molecule has 0 bridgehead atoms. The summed E-state index contributed by atoms with van der Waals surface area (Å²) in [6, 6.07) is 2.05. The Morgan fingerprint density at radius 3 is 3.21 bits per heavy atom. The Kier molecular flexibility index (Phi) is 2.63. The second-order valence-corrected chi connectivity index (χ2v) is 3.85. The third-order valence-corrected chi connectivity index (χ3v) is 2.56. The van der Waals surface area contributed by atoms with Gasteiger partial charge in [0.25, 0.3) is 5.56 Å². The van der Waals surface area contributed by atoms with Crippen LogP contribution in [0.4, 0.5) is 0 Å². The van der Waals surface area contributed by atoms with Gasteiger partial charge >= 0.3 is 0 Å². The van der Waals surface area contributed by atoms with E-state index in [-0.39, 0.29) is 5.56 Å². The van der Waals surface area contributed by atoms with Crippen LogP contribution in [0, 0.1) is 6.92 Å². The molecule has 0 spiro atoms. The first kappa shape index (κ1) is 9.40. The second kappa shape index (κ2) is 3.92. The van der Waals surface area contributed by atoms with Crippen LogP contribution in [-0.4, -0.2) is 22.4 Å². The molecule has 0 radical (unpaired) electrons. The molecule has 2 rings (SSSR count). The van der Waals surface area contributed by atoms with Crippen molar-refractivity contribution in [3.8, 4) is 0 Å². The number of nitrogens with one attached hydrogen (secondary N) is 1. The van der Waals surface area contributed by atoms with Gasteiger partial charge in [-0.3, -0.25) is 4.79 Å². The van der Waals surface area contributed by atoms with Gasteiger partial charge in [0, 0.05) is 12.1 Å². The van der Waals surface area contributed by atoms with Crippen molar-refractivity contribution >= 4 is 0 Å². The molecule has 0 aliphatic carbocycles. The van der Waals surface area contributed by atoms with Crippen molar-refractivity contribution in [3.05, 3.63) is 28.2 Å². The molecule has 0 aromatic carbocycles. The fourth-order valence-corrected chi connectivity index (χ4v) is 1.78. The zero-order valence-electron chi connectivity index (χ0n) is 8.36. The number of rotatable bonds is 2. The molecule has 1 atom stereocenters. The van der Waals surface area contributed by atoms with Gasteiger partial charge in [-0.2, -0.15) is 5.10 Å². The lowest BCUT2D eigenvalue weighted by Crippen LogP contribution is -2.33. The zero-order chi connectivity index (χ0) is 9.97. The molecule has 1 fully saturated rings. The van der Waals surface area contributed by atoms with E-state index in [4.69, 9.17) is 0 Å². The summed E-state index contributed by atoms with van der Waals surface area (Å²) in [6.07, 6.45) is 4.07. The molecule has 1 N–H and O–H groups in total. The summed E-state index contributed by atoms with van der Waals surface area (Å²) in [5.74, 6) is 0. The first-order valence-electron chi connectivity index (χ1n) is 5.03. The lowest BCUT2D eigenvalue weighted by Gasteiger charge is -2.10. The van der Waals surface area contributed by atoms with Crippen LogP contribution < -0.4 is 10.9 Å². The minimum Gasteiger partial charge on any atom is -0.312 e. The van der Waals surface area contributed by atoms with Crippen LogP contribution in [0.5, 0.6) is 0 Å². The standard InChI is InChI=1S/C10H15N3O/c1-8-5-10(14)13(12-6-8)7-9-3-2-4-11-9/h5-6,9,11H,2-4,7H2,1H3. The largest absolute Gasteiger partial charge is 0.312 e. The average molecular weight is 193 g/mol. The van der Waals surface area contributed by atoms with Crippen LogP contribution in [-0.2, 0) is 6.54 Å². The van der Waals surface area contributed by atoms with Crippen LogP contribution in [0.1, 0.15) is 18.4 Å². The van der Waals surface area contributed by atoms with Crippen molar-refractivity contribution in [2.75, 3.05) is 6.54 Å². The molecule has 1 aliphatic rings. The maximum Gasteiger partial charge on any atom is 0.267 e. The molecule has 76 valence electrons. The smallest absolute Gasteiger partial charge is 0.267 e. The van der Waals surface area contributed by atoms with E-state index in [0.717, 1.165) is 18.5 Å². The number of aryl methyl sites for hydroxylation is 1. The van der Waals surface area contributed by atoms with Crippen LogP contribution in [0.2, 0.25) is 0 Å². The van der Waals surface area contributed by atoms with Gasteiger partial charge in [-0.25, -0.2) is 4.68 Å². The predicted octanol–water partition coefficient (Wildman–Crippen LogP) is 0.304. The maximum atomic E-state index is 11.5. The van der Waals surface area contributed by atoms with Gasteiger partial charge in [0.1, 0.15) is 0 Å². The van der Waals surface area contributed by atoms with Crippen molar-refractivity contribution in [2.45, 2.75) is 32.4 Å². The molecule has 1 unspecified atom stereocenters. The molecule has 1 saturated heterocycles. The first-order valence-corrected chi connectivity index (χ1v) is 5.03. The highest BCUT2D eigenvalue weighted by Crippen LogP contribution is 2.05. The molecule has 4 nitrogen and oxygen atoms in total. The summed E-state index contributed by atoms with van der Waals surface area (Å²) >= 11 is 0. The van der Waals surface area contributed by atoms with Crippen molar-refractivity contribution in [1.82, 2.24) is 15.1 Å². The molecule has 1 aliphatic heterocycles. The second-order valence-electron chi connectivity index (χ2n) is 3.85. The minimum atomic E-state index is -0.00120. The van der Waals surface area contributed by atoms with E-state index < -0.39 is 0 Å². The van der Waals surface area contributed by atoms with Gasteiger partial charge in [0.15, 0.2) is 0 Å². The highest BCUT2D eigenvalue weighted by Gasteiger charge is 2.15. The van der Waals surface area contributed by atoms with Gasteiger partial charge in [0.05, 0.1) is 12.7 Å². The molecule has 1 aromatic rings. The van der Waals surface area contributed by atoms with Gasteiger partial charge < -0.3 is 5.32 Å². The van der Waals surface area contributed by atoms with E-state index >= 15 is 0 Å². The van der Waals surface area contributed by atoms with Gasteiger partial charge in [-0.1, -0.05) is 0 Å². The van der Waals surface area contributed by atoms with Crippen LogP contribution in [0.3, 0.4) is 0 Å². The summed E-state index contributed by atoms with van der Waals surface area (Å²) in [5.41, 5.74) is 0.921. The van der Waals surface area contributed by atoms with Crippen molar-refractivity contribution < 1.29 is 0 Å². The van der Waals surface area contributed by atoms with E-state index in [1.54, 1.807) is 12.3 Å². The molecule has 4 heteroatoms. The summed E-state index contributed by atoms with van der Waals surface area (Å²) in [7, 11) is 0. The Morgan fingerprint density at radius 2 is 2.57 bits per heavy atom. The lowest BCUT2D eigenvalue weighted by atomic mass is 10.2. The molecule has 1 aromatic heterocycles. The van der Waals surface area contributed by atoms with Crippen molar-refractivity contribution in [3.63, 3.8) is 0 Å². The monoisotopic (exact) mass is 193 g/mol. The number of hydrogen-bond donors (Lipinski definition) is 1. The van der Waals surface area contributed by atoms with Crippen molar-refractivity contribution in [1.29, 1.82) is 0 Å². The first-order chi connectivity index (χ1) is 6.75. The predicted molar refractivity (Wildman–Crippen MR) is 54.3 cm³/mol. The average Bonchev–Trinajstić information content (AvgIpc) is 2.62. The van der Waals surface area contributed by atoms with E-state index in [0.29, 0.717) is 12.6 Å². The molecule has 2 heterocycles. The van der Waals surface area contributed by atoms with Crippen LogP contribution in [0.15, 0.2) is 17.1 Å². The Hall–Kier alpha value is -1.16. The third kappa shape index (κ3) is 2.01. The topological polar surface area (TPSA) is 46.9 Å². The normalized spacial score (nSPS) is 21.4. The van der Waals surface area contributed by atoms with Crippen molar-refractivity contribution in [2.24, 2.45) is 0 Å². The fraction of sp³-hybridized carbons (Fsp3) is 0.600. The summed E-state index contributed by atoms with van der Waals surface area (Å²) in [6.45, 7) is 3.64. The Bertz CT molecular complexity index is 366. The number of aromatic nitrogens is 2. The SMILES string of the molecule is Cc1cnn(CC2CCCN2)c(=O)c1. The van der Waals surface area contributed by atoms with E-state index in [1.165, 1.54) is 11.1 Å². The summed E-state index contributed by atoms with van der Waals surface area (Å²) in [4.78, 5) is 11.5. The highest BCUT2D eigenvalue weighted by molar-refractivity contribution is 5.02. The Labute approximate surface area is 82.9 Å². The lowest BCUT2D eigenvalue weighted by molar-refractivity contribution is 0.458. The Balaban J connectivity index is 2.12.